The SMILES string of the molecule is CCCSc1ccc(C(=O)C=Cc2cccc(OCC)c2OCC)cc1. The van der Waals surface area contributed by atoms with E-state index in [1.54, 1.807) is 23.9 Å². The predicted octanol–water partition coefficient (Wildman–Crippen LogP) is 5.88. The Balaban J connectivity index is 2.15. The van der Waals surface area contributed by atoms with Crippen LogP contribution in [0.4, 0.5) is 0 Å². The van der Waals surface area contributed by atoms with Crippen LogP contribution in [0.2, 0.25) is 0 Å². The molecule has 0 spiro atoms. The first-order valence-electron chi connectivity index (χ1n) is 9.03. The van der Waals surface area contributed by atoms with Crippen LogP contribution in [0, 0.1) is 0 Å². The lowest BCUT2D eigenvalue weighted by Crippen LogP contribution is -2.00. The summed E-state index contributed by atoms with van der Waals surface area (Å²) in [5, 5.41) is 0. The molecule has 0 N–H and O–H groups in total. The normalized spacial score (nSPS) is 10.9. The van der Waals surface area contributed by atoms with Crippen molar-refractivity contribution in [1.29, 1.82) is 0 Å². The molecule has 0 saturated carbocycles. The average molecular weight is 371 g/mol. The second-order valence-electron chi connectivity index (χ2n) is 5.61. The minimum absolute atomic E-state index is 0.0266. The zero-order valence-electron chi connectivity index (χ0n) is 15.7. The Morgan fingerprint density at radius 1 is 1.00 bits per heavy atom. The molecule has 0 aliphatic carbocycles. The summed E-state index contributed by atoms with van der Waals surface area (Å²) >= 11 is 1.80. The molecular formula is C22H26O3S. The summed E-state index contributed by atoms with van der Waals surface area (Å²) in [4.78, 5) is 13.6. The monoisotopic (exact) mass is 370 g/mol. The van der Waals surface area contributed by atoms with E-state index in [-0.39, 0.29) is 5.78 Å². The highest BCUT2D eigenvalue weighted by atomic mass is 32.2. The average Bonchev–Trinajstić information content (AvgIpc) is 2.67. The van der Waals surface area contributed by atoms with E-state index in [0.717, 1.165) is 17.7 Å². The van der Waals surface area contributed by atoms with Crippen molar-refractivity contribution in [1.82, 2.24) is 0 Å². The summed E-state index contributed by atoms with van der Waals surface area (Å²) in [6.07, 6.45) is 4.51. The molecule has 0 aromatic heterocycles. The van der Waals surface area contributed by atoms with Gasteiger partial charge in [-0.05, 0) is 68.5 Å². The Kier molecular flexibility index (Phi) is 8.29. The van der Waals surface area contributed by atoms with E-state index in [4.69, 9.17) is 9.47 Å². The third kappa shape index (κ3) is 5.67. The van der Waals surface area contributed by atoms with Gasteiger partial charge in [0.05, 0.1) is 13.2 Å². The van der Waals surface area contributed by atoms with Crippen LogP contribution in [-0.2, 0) is 0 Å². The summed E-state index contributed by atoms with van der Waals surface area (Å²) < 4.78 is 11.3. The summed E-state index contributed by atoms with van der Waals surface area (Å²) in [7, 11) is 0. The molecular weight excluding hydrogens is 344 g/mol. The predicted molar refractivity (Wildman–Crippen MR) is 110 cm³/mol. The quantitative estimate of drug-likeness (QED) is 0.297. The lowest BCUT2D eigenvalue weighted by molar-refractivity contribution is 0.104. The van der Waals surface area contributed by atoms with Gasteiger partial charge in [-0.3, -0.25) is 4.79 Å². The third-order valence-electron chi connectivity index (χ3n) is 3.62. The molecule has 0 bridgehead atoms. The third-order valence-corrected chi connectivity index (χ3v) is 4.84. The van der Waals surface area contributed by atoms with E-state index in [1.807, 2.05) is 56.3 Å². The molecule has 2 aromatic carbocycles. The van der Waals surface area contributed by atoms with Crippen LogP contribution < -0.4 is 9.47 Å². The van der Waals surface area contributed by atoms with Crippen LogP contribution in [0.15, 0.2) is 53.4 Å². The van der Waals surface area contributed by atoms with Gasteiger partial charge in [-0.15, -0.1) is 11.8 Å². The van der Waals surface area contributed by atoms with Crippen molar-refractivity contribution in [2.75, 3.05) is 19.0 Å². The summed E-state index contributed by atoms with van der Waals surface area (Å²) in [5.41, 5.74) is 1.52. The Morgan fingerprint density at radius 3 is 2.38 bits per heavy atom. The van der Waals surface area contributed by atoms with Gasteiger partial charge in [0.1, 0.15) is 0 Å². The van der Waals surface area contributed by atoms with E-state index in [9.17, 15) is 4.79 Å². The van der Waals surface area contributed by atoms with E-state index in [0.29, 0.717) is 30.3 Å². The number of rotatable bonds is 10. The lowest BCUT2D eigenvalue weighted by atomic mass is 10.1. The minimum Gasteiger partial charge on any atom is -0.490 e. The van der Waals surface area contributed by atoms with E-state index >= 15 is 0 Å². The number of ketones is 1. The van der Waals surface area contributed by atoms with Crippen molar-refractivity contribution in [3.05, 3.63) is 59.7 Å². The molecule has 0 saturated heterocycles. The first-order valence-corrected chi connectivity index (χ1v) is 10.0. The standard InChI is InChI=1S/C22H26O3S/c1-4-16-26-19-13-10-17(11-14-19)20(23)15-12-18-8-7-9-21(24-5-2)22(18)25-6-3/h7-15H,4-6,16H2,1-3H3. The Morgan fingerprint density at radius 2 is 1.73 bits per heavy atom. The van der Waals surface area contributed by atoms with E-state index in [2.05, 4.69) is 6.92 Å². The maximum Gasteiger partial charge on any atom is 0.185 e. The molecule has 4 heteroatoms. The van der Waals surface area contributed by atoms with Gasteiger partial charge in [0.2, 0.25) is 0 Å². The fourth-order valence-corrected chi connectivity index (χ4v) is 3.20. The van der Waals surface area contributed by atoms with Crippen molar-refractivity contribution in [2.24, 2.45) is 0 Å². The summed E-state index contributed by atoms with van der Waals surface area (Å²) in [5.74, 6) is 2.43. The van der Waals surface area contributed by atoms with Gasteiger partial charge in [-0.1, -0.05) is 19.1 Å². The van der Waals surface area contributed by atoms with Gasteiger partial charge in [0.25, 0.3) is 0 Å². The van der Waals surface area contributed by atoms with Crippen molar-refractivity contribution in [2.45, 2.75) is 32.1 Å². The Hall–Kier alpha value is -2.20. The van der Waals surface area contributed by atoms with E-state index in [1.165, 1.54) is 4.90 Å². The van der Waals surface area contributed by atoms with Crippen LogP contribution in [0.1, 0.15) is 43.1 Å². The molecule has 0 unspecified atom stereocenters. The molecule has 0 aliphatic heterocycles. The number of para-hydroxylation sites is 1. The van der Waals surface area contributed by atoms with Crippen LogP contribution in [-0.4, -0.2) is 24.7 Å². The Bertz CT molecular complexity index is 736. The van der Waals surface area contributed by atoms with Crippen molar-refractivity contribution in [3.8, 4) is 11.5 Å². The highest BCUT2D eigenvalue weighted by Gasteiger charge is 2.09. The second kappa shape index (κ2) is 10.7. The molecule has 138 valence electrons. The number of benzene rings is 2. The highest BCUT2D eigenvalue weighted by Crippen LogP contribution is 2.32. The summed E-state index contributed by atoms with van der Waals surface area (Å²) in [6.45, 7) is 7.13. The molecule has 0 fully saturated rings. The molecule has 26 heavy (non-hydrogen) atoms. The second-order valence-corrected chi connectivity index (χ2v) is 6.78. The fourth-order valence-electron chi connectivity index (χ4n) is 2.43. The van der Waals surface area contributed by atoms with Crippen LogP contribution in [0.3, 0.4) is 0 Å². The zero-order chi connectivity index (χ0) is 18.8. The fraction of sp³-hybridized carbons (Fsp3) is 0.318. The molecule has 0 heterocycles. The van der Waals surface area contributed by atoms with Gasteiger partial charge in [0, 0.05) is 16.0 Å². The minimum atomic E-state index is -0.0266. The van der Waals surface area contributed by atoms with E-state index < -0.39 is 0 Å². The van der Waals surface area contributed by atoms with Crippen molar-refractivity contribution >= 4 is 23.6 Å². The number of carbonyl (C=O) groups is 1. The highest BCUT2D eigenvalue weighted by molar-refractivity contribution is 7.99. The largest absolute Gasteiger partial charge is 0.490 e. The number of hydrogen-bond acceptors (Lipinski definition) is 4. The molecule has 0 radical (unpaired) electrons. The lowest BCUT2D eigenvalue weighted by Gasteiger charge is -2.13. The molecule has 3 nitrogen and oxygen atoms in total. The first kappa shape index (κ1) is 20.1. The molecule has 2 aromatic rings. The maximum atomic E-state index is 12.5. The summed E-state index contributed by atoms with van der Waals surface area (Å²) in [6, 6.07) is 13.5. The van der Waals surface area contributed by atoms with Gasteiger partial charge >= 0.3 is 0 Å². The van der Waals surface area contributed by atoms with Gasteiger partial charge in [0.15, 0.2) is 17.3 Å². The van der Waals surface area contributed by atoms with Crippen LogP contribution in [0.5, 0.6) is 11.5 Å². The molecule has 2 rings (SSSR count). The van der Waals surface area contributed by atoms with Crippen molar-refractivity contribution < 1.29 is 14.3 Å². The zero-order valence-corrected chi connectivity index (χ0v) is 16.5. The van der Waals surface area contributed by atoms with Gasteiger partial charge in [-0.2, -0.15) is 0 Å². The number of allylic oxidation sites excluding steroid dienone is 1. The number of carbonyl (C=O) groups excluding carboxylic acids is 1. The van der Waals surface area contributed by atoms with Gasteiger partial charge in [-0.25, -0.2) is 0 Å². The molecule has 0 atom stereocenters. The van der Waals surface area contributed by atoms with Crippen LogP contribution in [0.25, 0.3) is 6.08 Å². The maximum absolute atomic E-state index is 12.5. The van der Waals surface area contributed by atoms with Gasteiger partial charge < -0.3 is 9.47 Å². The molecule has 0 aliphatic rings. The Labute approximate surface area is 160 Å². The molecule has 0 amide bonds. The number of thioether (sulfide) groups is 1. The first-order chi connectivity index (χ1) is 12.7. The number of hydrogen-bond donors (Lipinski definition) is 0. The smallest absolute Gasteiger partial charge is 0.185 e. The van der Waals surface area contributed by atoms with Crippen LogP contribution >= 0.6 is 11.8 Å². The number of ether oxygens (including phenoxy) is 2. The van der Waals surface area contributed by atoms with Crippen molar-refractivity contribution in [3.63, 3.8) is 0 Å². The topological polar surface area (TPSA) is 35.5 Å².